The third-order valence-electron chi connectivity index (χ3n) is 2.51. The summed E-state index contributed by atoms with van der Waals surface area (Å²) in [5, 5.41) is 0. The van der Waals surface area contributed by atoms with E-state index in [1.54, 1.807) is 0 Å². The van der Waals surface area contributed by atoms with Crippen molar-refractivity contribution >= 4 is 7.92 Å². The van der Waals surface area contributed by atoms with Crippen molar-refractivity contribution in [3.05, 3.63) is 0 Å². The zero-order valence-corrected chi connectivity index (χ0v) is 11.0. The van der Waals surface area contributed by atoms with Gasteiger partial charge in [-0.05, 0) is 37.9 Å². The van der Waals surface area contributed by atoms with E-state index < -0.39 is 0 Å². The second-order valence-corrected chi connectivity index (χ2v) is 6.73. The molecule has 0 saturated heterocycles. The summed E-state index contributed by atoms with van der Waals surface area (Å²) in [6.45, 7) is 5.51. The largest absolute Gasteiger partial charge is 0.330 e. The molecule has 0 saturated carbocycles. The molecule has 0 aromatic rings. The van der Waals surface area contributed by atoms with Gasteiger partial charge in [0, 0.05) is 0 Å². The van der Waals surface area contributed by atoms with Crippen LogP contribution in [0.3, 0.4) is 0 Å². The second-order valence-electron chi connectivity index (χ2n) is 4.04. The van der Waals surface area contributed by atoms with Gasteiger partial charge in [-0.2, -0.15) is 0 Å². The smallest absolute Gasteiger partial charge is 0.00773 e. The summed E-state index contributed by atoms with van der Waals surface area (Å²) in [7, 11) is 0.387. The molecule has 86 valence electrons. The molecule has 0 fully saturated rings. The Bertz CT molecular complexity index is 100. The molecule has 2 heteroatoms. The standard InChI is InChI=1S/C12H28NP/c1-3-10-14(11-4-2)12-8-6-5-7-9-13/h3-13H2,1-2H3. The van der Waals surface area contributed by atoms with E-state index in [-0.39, 0.29) is 0 Å². The van der Waals surface area contributed by atoms with Crippen LogP contribution in [0.15, 0.2) is 0 Å². The van der Waals surface area contributed by atoms with E-state index in [1.165, 1.54) is 57.0 Å². The minimum Gasteiger partial charge on any atom is -0.330 e. The lowest BCUT2D eigenvalue weighted by Crippen LogP contribution is -1.98. The van der Waals surface area contributed by atoms with Crippen molar-refractivity contribution in [3.8, 4) is 0 Å². The van der Waals surface area contributed by atoms with Gasteiger partial charge in [0.15, 0.2) is 0 Å². The molecule has 0 spiro atoms. The van der Waals surface area contributed by atoms with Crippen LogP contribution in [0, 0.1) is 0 Å². The highest BCUT2D eigenvalue weighted by atomic mass is 31.1. The Kier molecular flexibility index (Phi) is 11.8. The predicted octanol–water partition coefficient (Wildman–Crippen LogP) is 3.81. The molecule has 0 amide bonds. The van der Waals surface area contributed by atoms with Gasteiger partial charge in [0.1, 0.15) is 0 Å². The van der Waals surface area contributed by atoms with Gasteiger partial charge < -0.3 is 5.73 Å². The molecule has 14 heavy (non-hydrogen) atoms. The highest BCUT2D eigenvalue weighted by molar-refractivity contribution is 7.57. The van der Waals surface area contributed by atoms with Crippen LogP contribution >= 0.6 is 7.92 Å². The van der Waals surface area contributed by atoms with E-state index in [1.807, 2.05) is 0 Å². The zero-order chi connectivity index (χ0) is 10.6. The summed E-state index contributed by atoms with van der Waals surface area (Å²) in [5.74, 6) is 0. The normalized spacial score (nSPS) is 11.1. The van der Waals surface area contributed by atoms with Gasteiger partial charge in [0.2, 0.25) is 0 Å². The Morgan fingerprint density at radius 1 is 0.786 bits per heavy atom. The van der Waals surface area contributed by atoms with E-state index in [0.717, 1.165) is 6.54 Å². The summed E-state index contributed by atoms with van der Waals surface area (Å²) < 4.78 is 0. The maximum absolute atomic E-state index is 5.47. The molecular formula is C12H28NP. The monoisotopic (exact) mass is 217 g/mol. The summed E-state index contributed by atoms with van der Waals surface area (Å²) in [6, 6.07) is 0. The molecule has 0 bridgehead atoms. The van der Waals surface area contributed by atoms with Gasteiger partial charge in [-0.3, -0.25) is 0 Å². The lowest BCUT2D eigenvalue weighted by Gasteiger charge is -2.15. The third kappa shape index (κ3) is 8.97. The first kappa shape index (κ1) is 14.4. The minimum absolute atomic E-state index is 0.387. The zero-order valence-electron chi connectivity index (χ0n) is 10.1. The molecule has 0 aliphatic heterocycles. The average molecular weight is 217 g/mol. The Balaban J connectivity index is 3.30. The Morgan fingerprint density at radius 3 is 1.86 bits per heavy atom. The Morgan fingerprint density at radius 2 is 1.36 bits per heavy atom. The minimum atomic E-state index is 0.387. The average Bonchev–Trinajstić information content (AvgIpc) is 2.18. The quantitative estimate of drug-likeness (QED) is 0.437. The van der Waals surface area contributed by atoms with Gasteiger partial charge in [0.05, 0.1) is 0 Å². The Labute approximate surface area is 91.6 Å². The van der Waals surface area contributed by atoms with Gasteiger partial charge in [0.25, 0.3) is 0 Å². The first-order valence-corrected chi connectivity index (χ1v) is 8.17. The number of nitrogens with two attached hydrogens (primary N) is 1. The molecule has 0 radical (unpaired) electrons. The van der Waals surface area contributed by atoms with Crippen LogP contribution in [0.4, 0.5) is 0 Å². The highest BCUT2D eigenvalue weighted by Crippen LogP contribution is 2.37. The van der Waals surface area contributed by atoms with Crippen molar-refractivity contribution in [1.82, 2.24) is 0 Å². The SMILES string of the molecule is CCCP(CCC)CCCCCCN. The van der Waals surface area contributed by atoms with Crippen molar-refractivity contribution in [2.45, 2.75) is 52.4 Å². The van der Waals surface area contributed by atoms with E-state index in [4.69, 9.17) is 5.73 Å². The molecule has 0 unspecified atom stereocenters. The highest BCUT2D eigenvalue weighted by Gasteiger charge is 2.04. The molecule has 0 aliphatic carbocycles. The first-order valence-electron chi connectivity index (χ1n) is 6.27. The van der Waals surface area contributed by atoms with Gasteiger partial charge in [-0.15, -0.1) is 7.92 Å². The number of unbranched alkanes of at least 4 members (excludes halogenated alkanes) is 3. The van der Waals surface area contributed by atoms with Crippen LogP contribution < -0.4 is 5.73 Å². The van der Waals surface area contributed by atoms with Gasteiger partial charge >= 0.3 is 0 Å². The maximum Gasteiger partial charge on any atom is -0.00773 e. The van der Waals surface area contributed by atoms with Crippen LogP contribution in [0.2, 0.25) is 0 Å². The van der Waals surface area contributed by atoms with Gasteiger partial charge in [-0.1, -0.05) is 39.5 Å². The van der Waals surface area contributed by atoms with E-state index in [9.17, 15) is 0 Å². The molecule has 0 aliphatic rings. The summed E-state index contributed by atoms with van der Waals surface area (Å²) in [4.78, 5) is 0. The topological polar surface area (TPSA) is 26.0 Å². The van der Waals surface area contributed by atoms with Crippen LogP contribution in [0.1, 0.15) is 52.4 Å². The van der Waals surface area contributed by atoms with E-state index in [2.05, 4.69) is 13.8 Å². The van der Waals surface area contributed by atoms with Crippen molar-refractivity contribution in [1.29, 1.82) is 0 Å². The lowest BCUT2D eigenvalue weighted by molar-refractivity contribution is 0.676. The first-order chi connectivity index (χ1) is 6.85. The molecule has 0 aromatic carbocycles. The van der Waals surface area contributed by atoms with Crippen LogP contribution in [-0.4, -0.2) is 25.0 Å². The molecular weight excluding hydrogens is 189 g/mol. The molecule has 1 nitrogen and oxygen atoms in total. The molecule has 0 rings (SSSR count). The van der Waals surface area contributed by atoms with Crippen LogP contribution in [0.5, 0.6) is 0 Å². The molecule has 0 aromatic heterocycles. The van der Waals surface area contributed by atoms with Crippen molar-refractivity contribution < 1.29 is 0 Å². The number of hydrogen-bond donors (Lipinski definition) is 1. The second kappa shape index (κ2) is 11.5. The third-order valence-corrected chi connectivity index (χ3v) is 5.62. The van der Waals surface area contributed by atoms with E-state index >= 15 is 0 Å². The van der Waals surface area contributed by atoms with Crippen molar-refractivity contribution in [2.75, 3.05) is 25.0 Å². The van der Waals surface area contributed by atoms with Crippen LogP contribution in [0.25, 0.3) is 0 Å². The van der Waals surface area contributed by atoms with Crippen molar-refractivity contribution in [2.24, 2.45) is 5.73 Å². The summed E-state index contributed by atoms with van der Waals surface area (Å²) in [6.07, 6.45) is 12.7. The lowest BCUT2D eigenvalue weighted by atomic mass is 10.2. The number of hydrogen-bond acceptors (Lipinski definition) is 1. The molecule has 0 atom stereocenters. The summed E-state index contributed by atoms with van der Waals surface area (Å²) in [5.41, 5.74) is 5.47. The fourth-order valence-electron chi connectivity index (χ4n) is 1.80. The molecule has 0 heterocycles. The summed E-state index contributed by atoms with van der Waals surface area (Å²) >= 11 is 0. The van der Waals surface area contributed by atoms with Crippen LogP contribution in [-0.2, 0) is 0 Å². The number of rotatable bonds is 10. The predicted molar refractivity (Wildman–Crippen MR) is 69.6 cm³/mol. The van der Waals surface area contributed by atoms with Crippen molar-refractivity contribution in [3.63, 3.8) is 0 Å². The van der Waals surface area contributed by atoms with Gasteiger partial charge in [-0.25, -0.2) is 0 Å². The Hall–Kier alpha value is 0.390. The fraction of sp³-hybridized carbons (Fsp3) is 1.00. The molecule has 2 N–H and O–H groups in total. The fourth-order valence-corrected chi connectivity index (χ4v) is 4.41. The van der Waals surface area contributed by atoms with E-state index in [0.29, 0.717) is 7.92 Å². The maximum atomic E-state index is 5.47.